The van der Waals surface area contributed by atoms with E-state index in [4.69, 9.17) is 9.84 Å². The van der Waals surface area contributed by atoms with Crippen molar-refractivity contribution in [2.45, 2.75) is 19.8 Å². The maximum atomic E-state index is 12.5. The molecule has 0 radical (unpaired) electrons. The standard InChI is InChI=1S/C18H21NO5/c1-2-24-18(23)15-9-11-19(12-10-15)17(22)14-6-3-13(4-7-14)5-8-16(20)21/h3-8,15H,2,9-12H2,1H3,(H,20,21)/b8-5+. The van der Waals surface area contributed by atoms with Crippen LogP contribution in [0, 0.1) is 5.92 Å². The smallest absolute Gasteiger partial charge is 0.328 e. The Balaban J connectivity index is 1.93. The van der Waals surface area contributed by atoms with Crippen molar-refractivity contribution in [2.24, 2.45) is 5.92 Å². The lowest BCUT2D eigenvalue weighted by Gasteiger charge is -2.31. The summed E-state index contributed by atoms with van der Waals surface area (Å²) >= 11 is 0. The molecule has 0 saturated carbocycles. The lowest BCUT2D eigenvalue weighted by Crippen LogP contribution is -2.40. The third-order valence-electron chi connectivity index (χ3n) is 3.98. The van der Waals surface area contributed by atoms with Crippen LogP contribution in [0.25, 0.3) is 6.08 Å². The van der Waals surface area contributed by atoms with Gasteiger partial charge >= 0.3 is 11.9 Å². The molecule has 0 aliphatic carbocycles. The molecular formula is C18H21NO5. The van der Waals surface area contributed by atoms with Crippen molar-refractivity contribution in [1.29, 1.82) is 0 Å². The molecule has 1 heterocycles. The van der Waals surface area contributed by atoms with Crippen LogP contribution in [0.15, 0.2) is 30.3 Å². The summed E-state index contributed by atoms with van der Waals surface area (Å²) in [6.45, 7) is 3.22. The minimum Gasteiger partial charge on any atom is -0.478 e. The Morgan fingerprint density at radius 2 is 1.83 bits per heavy atom. The highest BCUT2D eigenvalue weighted by molar-refractivity contribution is 5.94. The van der Waals surface area contributed by atoms with Crippen molar-refractivity contribution < 1.29 is 24.2 Å². The molecule has 1 aromatic rings. The van der Waals surface area contributed by atoms with E-state index in [-0.39, 0.29) is 17.8 Å². The number of carbonyl (C=O) groups excluding carboxylic acids is 2. The molecule has 0 bridgehead atoms. The van der Waals surface area contributed by atoms with E-state index in [0.717, 1.165) is 11.6 Å². The number of ether oxygens (including phenoxy) is 1. The van der Waals surface area contributed by atoms with Gasteiger partial charge in [-0.05, 0) is 43.5 Å². The molecule has 0 aromatic heterocycles. The Labute approximate surface area is 140 Å². The predicted octanol–water partition coefficient (Wildman–Crippen LogP) is 2.20. The summed E-state index contributed by atoms with van der Waals surface area (Å²) < 4.78 is 5.02. The predicted molar refractivity (Wildman–Crippen MR) is 88.4 cm³/mol. The van der Waals surface area contributed by atoms with E-state index in [1.165, 1.54) is 6.08 Å². The fourth-order valence-electron chi connectivity index (χ4n) is 2.67. The molecule has 1 amide bonds. The zero-order valence-electron chi connectivity index (χ0n) is 13.6. The Hall–Kier alpha value is -2.63. The van der Waals surface area contributed by atoms with Gasteiger partial charge < -0.3 is 14.7 Å². The van der Waals surface area contributed by atoms with E-state index in [9.17, 15) is 14.4 Å². The molecule has 128 valence electrons. The zero-order valence-corrected chi connectivity index (χ0v) is 13.6. The van der Waals surface area contributed by atoms with Gasteiger partial charge in [0.15, 0.2) is 0 Å². The van der Waals surface area contributed by atoms with Crippen molar-refractivity contribution >= 4 is 23.9 Å². The van der Waals surface area contributed by atoms with E-state index in [0.29, 0.717) is 38.1 Å². The fourth-order valence-corrected chi connectivity index (χ4v) is 2.67. The van der Waals surface area contributed by atoms with Crippen LogP contribution in [0.3, 0.4) is 0 Å². The van der Waals surface area contributed by atoms with Crippen molar-refractivity contribution in [3.63, 3.8) is 0 Å². The quantitative estimate of drug-likeness (QED) is 0.660. The molecule has 1 aliphatic rings. The van der Waals surface area contributed by atoms with Gasteiger partial charge in [-0.3, -0.25) is 9.59 Å². The second-order valence-electron chi connectivity index (χ2n) is 5.61. The fraction of sp³-hybridized carbons (Fsp3) is 0.389. The molecule has 0 unspecified atom stereocenters. The summed E-state index contributed by atoms with van der Waals surface area (Å²) in [5, 5.41) is 8.60. The van der Waals surface area contributed by atoms with Gasteiger partial charge in [-0.15, -0.1) is 0 Å². The second-order valence-corrected chi connectivity index (χ2v) is 5.61. The monoisotopic (exact) mass is 331 g/mol. The lowest BCUT2D eigenvalue weighted by molar-refractivity contribution is -0.149. The molecule has 1 aromatic carbocycles. The van der Waals surface area contributed by atoms with Gasteiger partial charge in [-0.2, -0.15) is 0 Å². The van der Waals surface area contributed by atoms with Gasteiger partial charge in [0.1, 0.15) is 0 Å². The first kappa shape index (κ1) is 17.7. The summed E-state index contributed by atoms with van der Waals surface area (Å²) in [6, 6.07) is 6.78. The third kappa shape index (κ3) is 4.68. The average molecular weight is 331 g/mol. The number of nitrogens with zero attached hydrogens (tertiary/aromatic N) is 1. The van der Waals surface area contributed by atoms with Crippen molar-refractivity contribution in [2.75, 3.05) is 19.7 Å². The van der Waals surface area contributed by atoms with E-state index >= 15 is 0 Å². The zero-order chi connectivity index (χ0) is 17.5. The molecular weight excluding hydrogens is 310 g/mol. The third-order valence-corrected chi connectivity index (χ3v) is 3.98. The van der Waals surface area contributed by atoms with Gasteiger partial charge in [0.05, 0.1) is 12.5 Å². The van der Waals surface area contributed by atoms with Crippen LogP contribution in [-0.4, -0.2) is 47.5 Å². The first-order valence-corrected chi connectivity index (χ1v) is 7.98. The van der Waals surface area contributed by atoms with Gasteiger partial charge in [-0.1, -0.05) is 12.1 Å². The van der Waals surface area contributed by atoms with Crippen LogP contribution in [0.2, 0.25) is 0 Å². The van der Waals surface area contributed by atoms with E-state index in [2.05, 4.69) is 0 Å². The molecule has 0 spiro atoms. The molecule has 2 rings (SSSR count). The second kappa shape index (κ2) is 8.29. The highest BCUT2D eigenvalue weighted by Crippen LogP contribution is 2.20. The number of esters is 1. The summed E-state index contributed by atoms with van der Waals surface area (Å²) in [5.74, 6) is -1.40. The summed E-state index contributed by atoms with van der Waals surface area (Å²) in [6.07, 6.45) is 3.76. The maximum Gasteiger partial charge on any atom is 0.328 e. The minimum atomic E-state index is -1.01. The number of piperidine rings is 1. The largest absolute Gasteiger partial charge is 0.478 e. The number of rotatable bonds is 5. The van der Waals surface area contributed by atoms with Crippen LogP contribution < -0.4 is 0 Å². The number of hydrogen-bond acceptors (Lipinski definition) is 4. The van der Waals surface area contributed by atoms with Crippen LogP contribution in [-0.2, 0) is 14.3 Å². The topological polar surface area (TPSA) is 83.9 Å². The number of aliphatic carboxylic acids is 1. The molecule has 6 heteroatoms. The molecule has 0 atom stereocenters. The van der Waals surface area contributed by atoms with Gasteiger partial charge in [-0.25, -0.2) is 4.79 Å². The summed E-state index contributed by atoms with van der Waals surface area (Å²) in [4.78, 5) is 36.4. The number of carboxylic acids is 1. The van der Waals surface area contributed by atoms with E-state index in [1.807, 2.05) is 0 Å². The van der Waals surface area contributed by atoms with E-state index in [1.54, 1.807) is 36.1 Å². The van der Waals surface area contributed by atoms with Crippen molar-refractivity contribution in [3.8, 4) is 0 Å². The lowest BCUT2D eigenvalue weighted by atomic mass is 9.96. The van der Waals surface area contributed by atoms with Crippen LogP contribution >= 0.6 is 0 Å². The molecule has 24 heavy (non-hydrogen) atoms. The Morgan fingerprint density at radius 1 is 1.21 bits per heavy atom. The molecule has 1 fully saturated rings. The number of carboxylic acid groups (broad SMARTS) is 1. The Kier molecular flexibility index (Phi) is 6.12. The number of likely N-dealkylation sites (tertiary alicyclic amines) is 1. The normalized spacial score (nSPS) is 15.5. The maximum absolute atomic E-state index is 12.5. The van der Waals surface area contributed by atoms with E-state index < -0.39 is 5.97 Å². The first-order chi connectivity index (χ1) is 11.5. The molecule has 1 N–H and O–H groups in total. The highest BCUT2D eigenvalue weighted by atomic mass is 16.5. The van der Waals surface area contributed by atoms with Gasteiger partial charge in [0.25, 0.3) is 5.91 Å². The van der Waals surface area contributed by atoms with Crippen LogP contribution in [0.4, 0.5) is 0 Å². The van der Waals surface area contributed by atoms with Crippen molar-refractivity contribution in [3.05, 3.63) is 41.5 Å². The number of benzene rings is 1. The number of carbonyl (C=O) groups is 3. The number of hydrogen-bond donors (Lipinski definition) is 1. The number of amides is 1. The van der Waals surface area contributed by atoms with Gasteiger partial charge in [0.2, 0.25) is 0 Å². The Bertz CT molecular complexity index is 627. The molecule has 1 saturated heterocycles. The highest BCUT2D eigenvalue weighted by Gasteiger charge is 2.28. The summed E-state index contributed by atoms with van der Waals surface area (Å²) in [7, 11) is 0. The van der Waals surface area contributed by atoms with Crippen molar-refractivity contribution in [1.82, 2.24) is 4.90 Å². The minimum absolute atomic E-state index is 0.0777. The average Bonchev–Trinajstić information content (AvgIpc) is 2.60. The van der Waals surface area contributed by atoms with Gasteiger partial charge in [0, 0.05) is 24.7 Å². The first-order valence-electron chi connectivity index (χ1n) is 7.98. The molecule has 1 aliphatic heterocycles. The van der Waals surface area contributed by atoms with Crippen LogP contribution in [0.1, 0.15) is 35.7 Å². The van der Waals surface area contributed by atoms with Crippen LogP contribution in [0.5, 0.6) is 0 Å². The SMILES string of the molecule is CCOC(=O)C1CCN(C(=O)c2ccc(/C=C/C(=O)O)cc2)CC1. The summed E-state index contributed by atoms with van der Waals surface area (Å²) in [5.41, 5.74) is 1.27. The molecule has 6 nitrogen and oxygen atoms in total. The Morgan fingerprint density at radius 3 is 2.38 bits per heavy atom.